The second-order valence-corrected chi connectivity index (χ2v) is 10.5. The van der Waals surface area contributed by atoms with Crippen molar-refractivity contribution < 1.29 is 38.8 Å². The Morgan fingerprint density at radius 1 is 1.02 bits per heavy atom. The van der Waals surface area contributed by atoms with Crippen LogP contribution < -0.4 is 5.32 Å². The second kappa shape index (κ2) is 13.6. The number of nitrogens with one attached hydrogen (secondary N) is 1. The summed E-state index contributed by atoms with van der Waals surface area (Å²) in [6.07, 6.45) is -1.56. The molecule has 0 spiro atoms. The van der Waals surface area contributed by atoms with Gasteiger partial charge in [-0.1, -0.05) is 36.4 Å². The maximum atomic E-state index is 12.5. The summed E-state index contributed by atoms with van der Waals surface area (Å²) >= 11 is 1.56. The topological polar surface area (TPSA) is 131 Å². The van der Waals surface area contributed by atoms with Crippen molar-refractivity contribution in [2.45, 2.75) is 56.4 Å². The molecular formula is C30H31NO8S. The van der Waals surface area contributed by atoms with Crippen LogP contribution in [0.3, 0.4) is 0 Å². The number of esters is 1. The minimum absolute atomic E-state index is 0.0495. The van der Waals surface area contributed by atoms with Crippen LogP contribution in [0.1, 0.15) is 59.7 Å². The lowest BCUT2D eigenvalue weighted by molar-refractivity contribution is -0.245. The lowest BCUT2D eigenvalue weighted by atomic mass is 10.0. The number of carbonyl (C=O) groups is 3. The SMILES string of the molecule is CC(=O)O[C@@H](C)C(=O)Nc1cccc([C@H]2O[C@@H](CSc3ccc(C(=O)O)cc3)C[C@@H](c3ccc(CO)cc3)O2)c1. The summed E-state index contributed by atoms with van der Waals surface area (Å²) in [5.41, 5.74) is 3.19. The molecule has 1 fully saturated rings. The van der Waals surface area contributed by atoms with Gasteiger partial charge in [0.1, 0.15) is 0 Å². The Balaban J connectivity index is 1.51. The first-order chi connectivity index (χ1) is 19.2. The second-order valence-electron chi connectivity index (χ2n) is 9.36. The maximum absolute atomic E-state index is 12.5. The monoisotopic (exact) mass is 565 g/mol. The standard InChI is InChI=1S/C30H31NO8S/c1-18(37-19(2)33)28(34)31-24-5-3-4-23(14-24)30-38-25(17-40-26-12-10-22(11-13-26)29(35)36)15-27(39-30)21-8-6-20(16-32)7-9-21/h3-14,18,25,27,30,32H,15-17H2,1-2H3,(H,31,34)(H,35,36)/t18-,25+,27-,30-/m0/s1. The van der Waals surface area contributed by atoms with E-state index in [1.807, 2.05) is 30.3 Å². The number of aliphatic hydroxyl groups excluding tert-OH is 1. The Kier molecular flexibility index (Phi) is 9.94. The molecule has 4 atom stereocenters. The number of carbonyl (C=O) groups excluding carboxylic acids is 2. The van der Waals surface area contributed by atoms with E-state index in [9.17, 15) is 19.5 Å². The highest BCUT2D eigenvalue weighted by atomic mass is 32.2. The predicted octanol–water partition coefficient (Wildman–Crippen LogP) is 5.10. The van der Waals surface area contributed by atoms with Gasteiger partial charge >= 0.3 is 11.9 Å². The van der Waals surface area contributed by atoms with Gasteiger partial charge in [0.15, 0.2) is 12.4 Å². The van der Waals surface area contributed by atoms with E-state index in [2.05, 4.69) is 5.32 Å². The Labute approximate surface area is 236 Å². The van der Waals surface area contributed by atoms with E-state index < -0.39 is 30.2 Å². The van der Waals surface area contributed by atoms with Crippen LogP contribution in [-0.4, -0.2) is 46.0 Å². The lowest BCUT2D eigenvalue weighted by Crippen LogP contribution is -2.31. The molecule has 1 amide bonds. The van der Waals surface area contributed by atoms with Crippen molar-refractivity contribution in [1.82, 2.24) is 0 Å². The Hall–Kier alpha value is -3.70. The van der Waals surface area contributed by atoms with Gasteiger partial charge in [-0.25, -0.2) is 4.79 Å². The number of carboxylic acid groups (broad SMARTS) is 1. The third kappa shape index (κ3) is 7.92. The molecule has 0 saturated carbocycles. The van der Waals surface area contributed by atoms with Gasteiger partial charge in [0.2, 0.25) is 0 Å². The van der Waals surface area contributed by atoms with E-state index in [0.717, 1.165) is 16.0 Å². The highest BCUT2D eigenvalue weighted by Gasteiger charge is 2.32. The Bertz CT molecular complexity index is 1330. The zero-order valence-corrected chi connectivity index (χ0v) is 22.9. The average molecular weight is 566 g/mol. The van der Waals surface area contributed by atoms with Gasteiger partial charge in [-0.05, 0) is 54.4 Å². The van der Waals surface area contributed by atoms with Crippen LogP contribution in [-0.2, 0) is 30.4 Å². The van der Waals surface area contributed by atoms with E-state index in [4.69, 9.17) is 19.3 Å². The first-order valence-electron chi connectivity index (χ1n) is 12.8. The molecule has 1 heterocycles. The average Bonchev–Trinajstić information content (AvgIpc) is 2.96. The van der Waals surface area contributed by atoms with Gasteiger partial charge in [-0.3, -0.25) is 9.59 Å². The summed E-state index contributed by atoms with van der Waals surface area (Å²) in [6.45, 7) is 2.69. The third-order valence-corrected chi connectivity index (χ3v) is 7.43. The van der Waals surface area contributed by atoms with E-state index in [0.29, 0.717) is 23.4 Å². The molecular weight excluding hydrogens is 534 g/mol. The number of carboxylic acids is 1. The molecule has 40 heavy (non-hydrogen) atoms. The van der Waals surface area contributed by atoms with Gasteiger partial charge in [0.05, 0.1) is 24.4 Å². The van der Waals surface area contributed by atoms with Crippen LogP contribution in [0.5, 0.6) is 0 Å². The van der Waals surface area contributed by atoms with Crippen LogP contribution in [0.15, 0.2) is 77.7 Å². The highest BCUT2D eigenvalue weighted by Crippen LogP contribution is 2.40. The highest BCUT2D eigenvalue weighted by molar-refractivity contribution is 7.99. The fourth-order valence-corrected chi connectivity index (χ4v) is 5.14. The summed E-state index contributed by atoms with van der Waals surface area (Å²) < 4.78 is 17.7. The minimum atomic E-state index is -0.971. The number of benzene rings is 3. The number of thioether (sulfide) groups is 1. The van der Waals surface area contributed by atoms with Crippen LogP contribution in [0, 0.1) is 0 Å². The van der Waals surface area contributed by atoms with E-state index in [-0.39, 0.29) is 24.4 Å². The Morgan fingerprint density at radius 2 is 1.75 bits per heavy atom. The van der Waals surface area contributed by atoms with Crippen molar-refractivity contribution in [2.75, 3.05) is 11.1 Å². The largest absolute Gasteiger partial charge is 0.478 e. The van der Waals surface area contributed by atoms with Crippen molar-refractivity contribution >= 4 is 35.3 Å². The number of rotatable bonds is 10. The number of aliphatic hydroxyl groups is 1. The molecule has 0 bridgehead atoms. The molecule has 0 radical (unpaired) electrons. The zero-order chi connectivity index (χ0) is 28.6. The van der Waals surface area contributed by atoms with Crippen molar-refractivity contribution in [2.24, 2.45) is 0 Å². The summed E-state index contributed by atoms with van der Waals surface area (Å²) in [4.78, 5) is 35.7. The van der Waals surface area contributed by atoms with Gasteiger partial charge in [0.25, 0.3) is 5.91 Å². The van der Waals surface area contributed by atoms with Gasteiger partial charge < -0.3 is 29.7 Å². The molecule has 0 unspecified atom stereocenters. The summed E-state index contributed by atoms with van der Waals surface area (Å²) in [5.74, 6) is -1.36. The van der Waals surface area contributed by atoms with Crippen molar-refractivity contribution in [1.29, 1.82) is 0 Å². The molecule has 1 saturated heterocycles. The number of anilines is 1. The Morgan fingerprint density at radius 3 is 2.40 bits per heavy atom. The number of hydrogen-bond acceptors (Lipinski definition) is 8. The molecule has 10 heteroatoms. The van der Waals surface area contributed by atoms with Crippen molar-refractivity contribution in [3.63, 3.8) is 0 Å². The molecule has 210 valence electrons. The van der Waals surface area contributed by atoms with Crippen LogP contribution in [0.2, 0.25) is 0 Å². The molecule has 0 aromatic heterocycles. The minimum Gasteiger partial charge on any atom is -0.478 e. The summed E-state index contributed by atoms with van der Waals surface area (Å²) in [6, 6.07) is 21.4. The number of aromatic carboxylic acids is 1. The predicted molar refractivity (Wildman–Crippen MR) is 149 cm³/mol. The van der Waals surface area contributed by atoms with Gasteiger partial charge in [-0.15, -0.1) is 11.8 Å². The quantitative estimate of drug-likeness (QED) is 0.227. The fraction of sp³-hybridized carbons (Fsp3) is 0.300. The molecule has 1 aliphatic heterocycles. The molecule has 3 aromatic carbocycles. The molecule has 3 aromatic rings. The number of hydrogen-bond donors (Lipinski definition) is 3. The third-order valence-electron chi connectivity index (χ3n) is 6.29. The van der Waals surface area contributed by atoms with Gasteiger partial charge in [-0.2, -0.15) is 0 Å². The summed E-state index contributed by atoms with van der Waals surface area (Å²) in [7, 11) is 0. The van der Waals surface area contributed by atoms with Crippen LogP contribution in [0.25, 0.3) is 0 Å². The van der Waals surface area contributed by atoms with E-state index in [1.54, 1.807) is 54.2 Å². The number of ether oxygens (including phenoxy) is 3. The van der Waals surface area contributed by atoms with Gasteiger partial charge in [0, 0.05) is 35.2 Å². The normalized spacial score (nSPS) is 19.4. The van der Waals surface area contributed by atoms with Crippen molar-refractivity contribution in [3.05, 3.63) is 95.1 Å². The first kappa shape index (κ1) is 29.3. The molecule has 9 nitrogen and oxygen atoms in total. The first-order valence-corrected chi connectivity index (χ1v) is 13.7. The lowest BCUT2D eigenvalue weighted by Gasteiger charge is -2.36. The zero-order valence-electron chi connectivity index (χ0n) is 22.1. The van der Waals surface area contributed by atoms with Crippen LogP contribution >= 0.6 is 11.8 Å². The number of amides is 1. The molecule has 3 N–H and O–H groups in total. The molecule has 4 rings (SSSR count). The summed E-state index contributed by atoms with van der Waals surface area (Å²) in [5, 5.41) is 21.3. The molecule has 1 aliphatic rings. The van der Waals surface area contributed by atoms with Crippen molar-refractivity contribution in [3.8, 4) is 0 Å². The smallest absolute Gasteiger partial charge is 0.335 e. The van der Waals surface area contributed by atoms with E-state index in [1.165, 1.54) is 13.8 Å². The molecule has 0 aliphatic carbocycles. The van der Waals surface area contributed by atoms with E-state index >= 15 is 0 Å². The maximum Gasteiger partial charge on any atom is 0.335 e. The fourth-order valence-electron chi connectivity index (χ4n) is 4.22. The van der Waals surface area contributed by atoms with Crippen LogP contribution in [0.4, 0.5) is 5.69 Å².